The molecule has 0 bridgehead atoms. The maximum absolute atomic E-state index is 6.27. The Morgan fingerprint density at radius 3 is 2.47 bits per heavy atom. The number of hydrogen-bond acceptors (Lipinski definition) is 2. The van der Waals surface area contributed by atoms with Gasteiger partial charge in [0.1, 0.15) is 5.75 Å². The van der Waals surface area contributed by atoms with Gasteiger partial charge in [-0.2, -0.15) is 0 Å². The quantitative estimate of drug-likeness (QED) is 0.779. The highest BCUT2D eigenvalue weighted by molar-refractivity contribution is 6.32. The van der Waals surface area contributed by atoms with Crippen LogP contribution in [0.5, 0.6) is 5.75 Å². The van der Waals surface area contributed by atoms with Crippen molar-refractivity contribution in [3.05, 3.63) is 23.2 Å². The first-order valence-electron chi connectivity index (χ1n) is 7.47. The van der Waals surface area contributed by atoms with Crippen molar-refractivity contribution in [3.8, 4) is 5.75 Å². The van der Waals surface area contributed by atoms with E-state index in [-0.39, 0.29) is 0 Å². The van der Waals surface area contributed by atoms with Crippen LogP contribution in [0.4, 0.5) is 5.69 Å². The molecular formula is C16H22ClNO. The summed E-state index contributed by atoms with van der Waals surface area (Å²) in [6, 6.07) is 6.74. The van der Waals surface area contributed by atoms with E-state index in [1.165, 1.54) is 25.7 Å². The van der Waals surface area contributed by atoms with Crippen LogP contribution in [0.3, 0.4) is 0 Å². The molecule has 0 unspecified atom stereocenters. The highest BCUT2D eigenvalue weighted by Crippen LogP contribution is 2.46. The third kappa shape index (κ3) is 3.36. The smallest absolute Gasteiger partial charge is 0.138 e. The molecule has 0 spiro atoms. The van der Waals surface area contributed by atoms with E-state index in [0.29, 0.717) is 11.1 Å². The number of hydrogen-bond donors (Lipinski definition) is 1. The van der Waals surface area contributed by atoms with Gasteiger partial charge in [-0.15, -0.1) is 0 Å². The van der Waals surface area contributed by atoms with Crippen LogP contribution in [0.2, 0.25) is 5.02 Å². The van der Waals surface area contributed by atoms with Crippen molar-refractivity contribution in [3.63, 3.8) is 0 Å². The first-order valence-corrected chi connectivity index (χ1v) is 7.84. The monoisotopic (exact) mass is 279 g/mol. The Balaban J connectivity index is 1.65. The van der Waals surface area contributed by atoms with Crippen molar-refractivity contribution in [2.45, 2.75) is 45.1 Å². The molecule has 0 amide bonds. The van der Waals surface area contributed by atoms with Gasteiger partial charge in [-0.3, -0.25) is 0 Å². The average molecular weight is 280 g/mol. The molecular weight excluding hydrogens is 258 g/mol. The molecule has 3 rings (SSSR count). The van der Waals surface area contributed by atoms with Gasteiger partial charge in [-0.25, -0.2) is 0 Å². The van der Waals surface area contributed by atoms with Gasteiger partial charge >= 0.3 is 0 Å². The third-order valence-corrected chi connectivity index (χ3v) is 4.28. The lowest BCUT2D eigenvalue weighted by Gasteiger charge is -2.19. The molecule has 2 nitrogen and oxygen atoms in total. The van der Waals surface area contributed by atoms with E-state index in [0.717, 1.165) is 36.3 Å². The normalized spacial score (nSPS) is 18.7. The summed E-state index contributed by atoms with van der Waals surface area (Å²) in [5, 5.41) is 4.40. The molecule has 1 aromatic carbocycles. The molecule has 0 radical (unpaired) electrons. The molecule has 0 atom stereocenters. The van der Waals surface area contributed by atoms with Crippen LogP contribution in [0.15, 0.2) is 18.2 Å². The fourth-order valence-corrected chi connectivity index (χ4v) is 2.88. The minimum Gasteiger partial charge on any atom is -0.492 e. The van der Waals surface area contributed by atoms with Crippen LogP contribution in [-0.2, 0) is 0 Å². The van der Waals surface area contributed by atoms with Crippen molar-refractivity contribution in [2.75, 3.05) is 11.9 Å². The predicted octanol–water partition coefficient (Wildman–Crippen LogP) is 4.73. The average Bonchev–Trinajstić information content (AvgIpc) is 3.28. The number of nitrogens with one attached hydrogen (secondary N) is 1. The lowest BCUT2D eigenvalue weighted by molar-refractivity contribution is 0.317. The van der Waals surface area contributed by atoms with E-state index in [1.54, 1.807) is 0 Å². The summed E-state index contributed by atoms with van der Waals surface area (Å²) >= 11 is 6.27. The molecule has 0 aromatic heterocycles. The zero-order chi connectivity index (χ0) is 13.2. The van der Waals surface area contributed by atoms with Crippen LogP contribution in [-0.4, -0.2) is 12.6 Å². The van der Waals surface area contributed by atoms with Gasteiger partial charge in [0.15, 0.2) is 0 Å². The fourth-order valence-electron chi connectivity index (χ4n) is 2.64. The summed E-state index contributed by atoms with van der Waals surface area (Å²) in [5.41, 5.74) is 1.14. The van der Waals surface area contributed by atoms with Gasteiger partial charge in [0, 0.05) is 11.7 Å². The molecule has 1 aromatic rings. The van der Waals surface area contributed by atoms with Crippen molar-refractivity contribution in [1.82, 2.24) is 0 Å². The van der Waals surface area contributed by atoms with E-state index in [4.69, 9.17) is 16.3 Å². The molecule has 104 valence electrons. The minimum absolute atomic E-state index is 0.665. The predicted molar refractivity (Wildman–Crippen MR) is 80.1 cm³/mol. The standard InChI is InChI=1S/C16H22ClNO/c1-2-9-19-15-8-7-13(10-14(15)17)18-16(11-3-4-11)12-5-6-12/h7-8,10-12,16,18H,2-6,9H2,1H3. The minimum atomic E-state index is 0.665. The Labute approximate surface area is 120 Å². The zero-order valence-electron chi connectivity index (χ0n) is 11.5. The van der Waals surface area contributed by atoms with Crippen molar-refractivity contribution >= 4 is 17.3 Å². The maximum Gasteiger partial charge on any atom is 0.138 e. The molecule has 1 N–H and O–H groups in total. The first kappa shape index (κ1) is 13.1. The number of anilines is 1. The molecule has 0 aliphatic heterocycles. The van der Waals surface area contributed by atoms with Gasteiger partial charge in [0.05, 0.1) is 11.6 Å². The number of ether oxygens (including phenoxy) is 1. The van der Waals surface area contributed by atoms with Crippen LogP contribution in [0.25, 0.3) is 0 Å². The number of halogens is 1. The molecule has 2 fully saturated rings. The SMILES string of the molecule is CCCOc1ccc(NC(C2CC2)C2CC2)cc1Cl. The molecule has 0 heterocycles. The van der Waals surface area contributed by atoms with Gasteiger partial charge in [-0.1, -0.05) is 18.5 Å². The molecule has 2 saturated carbocycles. The largest absolute Gasteiger partial charge is 0.492 e. The second-order valence-corrected chi connectivity index (χ2v) is 6.25. The van der Waals surface area contributed by atoms with Gasteiger partial charge in [0.2, 0.25) is 0 Å². The number of rotatable bonds is 7. The lowest BCUT2D eigenvalue weighted by atomic mass is 10.1. The van der Waals surface area contributed by atoms with E-state index in [2.05, 4.69) is 18.3 Å². The van der Waals surface area contributed by atoms with E-state index < -0.39 is 0 Å². The van der Waals surface area contributed by atoms with Crippen LogP contribution >= 0.6 is 11.6 Å². The van der Waals surface area contributed by atoms with Crippen LogP contribution < -0.4 is 10.1 Å². The Kier molecular flexibility index (Phi) is 3.88. The lowest BCUT2D eigenvalue weighted by Crippen LogP contribution is -2.24. The van der Waals surface area contributed by atoms with Gasteiger partial charge in [0.25, 0.3) is 0 Å². The highest BCUT2D eigenvalue weighted by atomic mass is 35.5. The summed E-state index contributed by atoms with van der Waals surface area (Å²) in [7, 11) is 0. The summed E-state index contributed by atoms with van der Waals surface area (Å²) in [4.78, 5) is 0. The molecule has 2 aliphatic rings. The van der Waals surface area contributed by atoms with Crippen molar-refractivity contribution < 1.29 is 4.74 Å². The number of benzene rings is 1. The van der Waals surface area contributed by atoms with E-state index >= 15 is 0 Å². The Morgan fingerprint density at radius 2 is 1.95 bits per heavy atom. The molecule has 19 heavy (non-hydrogen) atoms. The Hall–Kier alpha value is -0.890. The van der Waals surface area contributed by atoms with Crippen molar-refractivity contribution in [1.29, 1.82) is 0 Å². The van der Waals surface area contributed by atoms with E-state index in [9.17, 15) is 0 Å². The summed E-state index contributed by atoms with van der Waals surface area (Å²) in [6.45, 7) is 2.82. The van der Waals surface area contributed by atoms with Crippen molar-refractivity contribution in [2.24, 2.45) is 11.8 Å². The molecule has 2 aliphatic carbocycles. The highest BCUT2D eigenvalue weighted by Gasteiger charge is 2.41. The molecule has 3 heteroatoms. The second kappa shape index (κ2) is 5.62. The second-order valence-electron chi connectivity index (χ2n) is 5.84. The topological polar surface area (TPSA) is 21.3 Å². The Bertz CT molecular complexity index is 428. The Morgan fingerprint density at radius 1 is 1.26 bits per heavy atom. The summed E-state index contributed by atoms with van der Waals surface area (Å²) in [5.74, 6) is 2.58. The summed E-state index contributed by atoms with van der Waals surface area (Å²) in [6.07, 6.45) is 6.56. The summed E-state index contributed by atoms with van der Waals surface area (Å²) < 4.78 is 5.61. The van der Waals surface area contributed by atoms with Crippen LogP contribution in [0.1, 0.15) is 39.0 Å². The zero-order valence-corrected chi connectivity index (χ0v) is 12.2. The van der Waals surface area contributed by atoms with Crippen LogP contribution in [0, 0.1) is 11.8 Å². The van der Waals surface area contributed by atoms with Gasteiger partial charge < -0.3 is 10.1 Å². The van der Waals surface area contributed by atoms with Gasteiger partial charge in [-0.05, 0) is 62.1 Å². The fraction of sp³-hybridized carbons (Fsp3) is 0.625. The first-order chi connectivity index (χ1) is 9.28. The van der Waals surface area contributed by atoms with E-state index in [1.807, 2.05) is 12.1 Å². The maximum atomic E-state index is 6.27. The third-order valence-electron chi connectivity index (χ3n) is 3.99. The molecule has 0 saturated heterocycles.